The van der Waals surface area contributed by atoms with Crippen LogP contribution in [-0.2, 0) is 7.05 Å². The fourth-order valence-corrected chi connectivity index (χ4v) is 2.13. The zero-order chi connectivity index (χ0) is 10.8. The normalized spacial score (nSPS) is 17.5. The van der Waals surface area contributed by atoms with Gasteiger partial charge in [-0.05, 0) is 18.8 Å². The second-order valence-corrected chi connectivity index (χ2v) is 5.16. The Balaban J connectivity index is 1.81. The van der Waals surface area contributed by atoms with Gasteiger partial charge in [0.1, 0.15) is 5.69 Å². The lowest BCUT2D eigenvalue weighted by atomic mass is 10.3. The first-order valence-electron chi connectivity index (χ1n) is 5.07. The number of nitrogens with one attached hydrogen (secondary N) is 1. The van der Waals surface area contributed by atoms with Gasteiger partial charge in [0, 0.05) is 24.6 Å². The average molecular weight is 272 g/mol. The van der Waals surface area contributed by atoms with Crippen molar-refractivity contribution in [3.05, 3.63) is 18.2 Å². The summed E-state index contributed by atoms with van der Waals surface area (Å²) in [6.45, 7) is 0.681. The molecule has 1 N–H and O–H groups in total. The van der Waals surface area contributed by atoms with Crippen molar-refractivity contribution in [1.82, 2.24) is 14.9 Å². The van der Waals surface area contributed by atoms with Crippen LogP contribution in [-0.4, -0.2) is 26.8 Å². The molecule has 0 saturated heterocycles. The molecule has 1 aromatic heterocycles. The van der Waals surface area contributed by atoms with Gasteiger partial charge in [0.05, 0.1) is 6.33 Å². The third-order valence-corrected chi connectivity index (χ3v) is 3.60. The van der Waals surface area contributed by atoms with Gasteiger partial charge < -0.3 is 9.88 Å². The van der Waals surface area contributed by atoms with Crippen LogP contribution in [0.15, 0.2) is 12.5 Å². The summed E-state index contributed by atoms with van der Waals surface area (Å²) in [6.07, 6.45) is 5.89. The van der Waals surface area contributed by atoms with E-state index in [0.717, 1.165) is 5.92 Å². The molecule has 1 aliphatic rings. The zero-order valence-electron chi connectivity index (χ0n) is 8.61. The van der Waals surface area contributed by atoms with Gasteiger partial charge in [-0.1, -0.05) is 15.9 Å². The number of nitrogens with zero attached hydrogens (tertiary/aromatic N) is 2. The van der Waals surface area contributed by atoms with Crippen molar-refractivity contribution in [3.8, 4) is 0 Å². The monoisotopic (exact) mass is 271 g/mol. The molecule has 1 unspecified atom stereocenters. The number of carbonyl (C=O) groups excluding carboxylic acids is 1. The first-order valence-corrected chi connectivity index (χ1v) is 5.98. The molecule has 1 saturated carbocycles. The highest BCUT2D eigenvalue weighted by Crippen LogP contribution is 2.36. The van der Waals surface area contributed by atoms with Crippen LogP contribution in [0.25, 0.3) is 0 Å². The molecule has 0 aliphatic heterocycles. The van der Waals surface area contributed by atoms with Crippen molar-refractivity contribution in [3.63, 3.8) is 0 Å². The van der Waals surface area contributed by atoms with E-state index in [1.165, 1.54) is 12.8 Å². The molecular weight excluding hydrogens is 258 g/mol. The Morgan fingerprint density at radius 3 is 3.07 bits per heavy atom. The molecule has 0 spiro atoms. The van der Waals surface area contributed by atoms with E-state index in [0.29, 0.717) is 17.1 Å². The van der Waals surface area contributed by atoms with Crippen LogP contribution in [0.2, 0.25) is 0 Å². The molecule has 5 heteroatoms. The maximum atomic E-state index is 11.6. The molecule has 1 fully saturated rings. The summed E-state index contributed by atoms with van der Waals surface area (Å²) in [6, 6.07) is 0. The van der Waals surface area contributed by atoms with Crippen molar-refractivity contribution in [2.24, 2.45) is 13.0 Å². The molecule has 0 aromatic carbocycles. The van der Waals surface area contributed by atoms with E-state index in [1.807, 2.05) is 7.05 Å². The fraction of sp³-hybridized carbons (Fsp3) is 0.600. The summed E-state index contributed by atoms with van der Waals surface area (Å²) in [7, 11) is 1.85. The van der Waals surface area contributed by atoms with E-state index in [4.69, 9.17) is 0 Å². The van der Waals surface area contributed by atoms with Gasteiger partial charge in [-0.25, -0.2) is 4.98 Å². The minimum absolute atomic E-state index is 0.0966. The highest BCUT2D eigenvalue weighted by atomic mass is 79.9. The van der Waals surface area contributed by atoms with Crippen LogP contribution in [0.4, 0.5) is 0 Å². The Morgan fingerprint density at radius 1 is 1.80 bits per heavy atom. The maximum absolute atomic E-state index is 11.6. The fourth-order valence-electron chi connectivity index (χ4n) is 1.44. The molecule has 0 radical (unpaired) electrons. The summed E-state index contributed by atoms with van der Waals surface area (Å²) >= 11 is 3.57. The van der Waals surface area contributed by atoms with Crippen LogP contribution in [0.1, 0.15) is 23.3 Å². The van der Waals surface area contributed by atoms with Gasteiger partial charge in [-0.2, -0.15) is 0 Å². The number of halogens is 1. The maximum Gasteiger partial charge on any atom is 0.271 e. The standard InChI is InChI=1S/C10H14BrN3O/c1-14-5-9(13-6-14)10(15)12-4-8(11)7-2-3-7/h5-8H,2-4H2,1H3,(H,12,15). The lowest BCUT2D eigenvalue weighted by molar-refractivity contribution is 0.0949. The van der Waals surface area contributed by atoms with Crippen molar-refractivity contribution < 1.29 is 4.79 Å². The first kappa shape index (κ1) is 10.7. The van der Waals surface area contributed by atoms with E-state index in [9.17, 15) is 4.79 Å². The van der Waals surface area contributed by atoms with E-state index in [1.54, 1.807) is 17.1 Å². The predicted molar refractivity (Wildman–Crippen MR) is 61.0 cm³/mol. The molecule has 1 heterocycles. The zero-order valence-corrected chi connectivity index (χ0v) is 10.2. The molecule has 82 valence electrons. The van der Waals surface area contributed by atoms with E-state index < -0.39 is 0 Å². The average Bonchev–Trinajstić information content (AvgIpc) is 2.97. The van der Waals surface area contributed by atoms with Crippen LogP contribution in [0.3, 0.4) is 0 Å². The summed E-state index contributed by atoms with van der Waals surface area (Å²) in [5.41, 5.74) is 0.480. The van der Waals surface area contributed by atoms with Gasteiger partial charge >= 0.3 is 0 Å². The second kappa shape index (κ2) is 4.35. The number of amides is 1. The van der Waals surface area contributed by atoms with Gasteiger partial charge in [0.2, 0.25) is 0 Å². The Hall–Kier alpha value is -0.840. The van der Waals surface area contributed by atoms with Gasteiger partial charge in [0.15, 0.2) is 0 Å². The highest BCUT2D eigenvalue weighted by Gasteiger charge is 2.29. The van der Waals surface area contributed by atoms with E-state index >= 15 is 0 Å². The predicted octanol–water partition coefficient (Wildman–Crippen LogP) is 1.32. The number of hydrogen-bond acceptors (Lipinski definition) is 2. The van der Waals surface area contributed by atoms with Gasteiger partial charge in [-0.15, -0.1) is 0 Å². The van der Waals surface area contributed by atoms with Crippen LogP contribution in [0.5, 0.6) is 0 Å². The Morgan fingerprint density at radius 2 is 2.53 bits per heavy atom. The first-order chi connectivity index (χ1) is 7.16. The van der Waals surface area contributed by atoms with Crippen LogP contribution in [0, 0.1) is 5.92 Å². The molecular formula is C10H14BrN3O. The summed E-state index contributed by atoms with van der Waals surface area (Å²) in [5, 5.41) is 2.87. The minimum atomic E-state index is -0.0966. The van der Waals surface area contributed by atoms with Crippen LogP contribution >= 0.6 is 15.9 Å². The molecule has 1 aliphatic carbocycles. The number of rotatable bonds is 4. The van der Waals surface area contributed by atoms with Crippen molar-refractivity contribution >= 4 is 21.8 Å². The second-order valence-electron chi connectivity index (χ2n) is 3.99. The van der Waals surface area contributed by atoms with Crippen LogP contribution < -0.4 is 5.32 Å². The molecule has 0 bridgehead atoms. The largest absolute Gasteiger partial charge is 0.350 e. The molecule has 1 aromatic rings. The molecule has 1 amide bonds. The van der Waals surface area contributed by atoms with Crippen molar-refractivity contribution in [1.29, 1.82) is 0 Å². The lowest BCUT2D eigenvalue weighted by Crippen LogP contribution is -2.30. The summed E-state index contributed by atoms with van der Waals surface area (Å²) in [4.78, 5) is 16.0. The SMILES string of the molecule is Cn1cnc(C(=O)NCC(Br)C2CC2)c1. The molecule has 15 heavy (non-hydrogen) atoms. The van der Waals surface area contributed by atoms with Crippen molar-refractivity contribution in [2.45, 2.75) is 17.7 Å². The highest BCUT2D eigenvalue weighted by molar-refractivity contribution is 9.09. The lowest BCUT2D eigenvalue weighted by Gasteiger charge is -2.08. The Bertz CT molecular complexity index is 359. The topological polar surface area (TPSA) is 46.9 Å². The van der Waals surface area contributed by atoms with Gasteiger partial charge in [-0.3, -0.25) is 4.79 Å². The number of aromatic nitrogens is 2. The number of alkyl halides is 1. The van der Waals surface area contributed by atoms with Gasteiger partial charge in [0.25, 0.3) is 5.91 Å². The number of aryl methyl sites for hydroxylation is 1. The Kier molecular flexibility index (Phi) is 3.09. The number of carbonyl (C=O) groups is 1. The quantitative estimate of drug-likeness (QED) is 0.840. The van der Waals surface area contributed by atoms with E-state index in [2.05, 4.69) is 26.2 Å². The molecule has 2 rings (SSSR count). The number of hydrogen-bond donors (Lipinski definition) is 1. The number of imidazole rings is 1. The van der Waals surface area contributed by atoms with E-state index in [-0.39, 0.29) is 5.91 Å². The smallest absolute Gasteiger partial charge is 0.271 e. The third-order valence-electron chi connectivity index (χ3n) is 2.53. The third kappa shape index (κ3) is 2.81. The minimum Gasteiger partial charge on any atom is -0.350 e. The molecule has 4 nitrogen and oxygen atoms in total. The van der Waals surface area contributed by atoms with Crippen molar-refractivity contribution in [2.75, 3.05) is 6.54 Å². The Labute approximate surface area is 97.2 Å². The summed E-state index contributed by atoms with van der Waals surface area (Å²) < 4.78 is 1.77. The molecule has 1 atom stereocenters. The summed E-state index contributed by atoms with van der Waals surface area (Å²) in [5.74, 6) is 0.648.